The Bertz CT molecular complexity index is 950. The second kappa shape index (κ2) is 10.2. The standard InChI is InChI=1S/C24H30N2O4/c1-3-4-14-26-21-13-9-8-12-18(21)16-19(23(26)28)22(27)25-20(24(29)30-2)15-17-10-6-5-7-11-17/h5-7,10-11,16,20H,3-4,8-9,12-15H2,1-2H3,(H,25,27). The molecule has 1 aromatic carbocycles. The Morgan fingerprint density at radius 2 is 1.90 bits per heavy atom. The van der Waals surface area contributed by atoms with E-state index in [1.165, 1.54) is 7.11 Å². The number of methoxy groups -OCH3 is 1. The first-order valence-electron chi connectivity index (χ1n) is 10.7. The summed E-state index contributed by atoms with van der Waals surface area (Å²) in [6.07, 6.45) is 6.01. The van der Waals surface area contributed by atoms with Crippen molar-refractivity contribution in [3.05, 3.63) is 69.1 Å². The normalized spacial score (nSPS) is 13.9. The third-order valence-electron chi connectivity index (χ3n) is 5.65. The Balaban J connectivity index is 1.90. The zero-order valence-electron chi connectivity index (χ0n) is 17.8. The van der Waals surface area contributed by atoms with E-state index in [2.05, 4.69) is 12.2 Å². The van der Waals surface area contributed by atoms with Crippen LogP contribution < -0.4 is 10.9 Å². The molecule has 30 heavy (non-hydrogen) atoms. The highest BCUT2D eigenvalue weighted by Gasteiger charge is 2.26. The second-order valence-electron chi connectivity index (χ2n) is 7.79. The molecule has 0 saturated heterocycles. The highest BCUT2D eigenvalue weighted by atomic mass is 16.5. The van der Waals surface area contributed by atoms with Gasteiger partial charge in [0, 0.05) is 18.7 Å². The van der Waals surface area contributed by atoms with Crippen molar-refractivity contribution < 1.29 is 14.3 Å². The van der Waals surface area contributed by atoms with E-state index in [0.29, 0.717) is 13.0 Å². The molecule has 160 valence electrons. The average Bonchev–Trinajstić information content (AvgIpc) is 2.77. The lowest BCUT2D eigenvalue weighted by Gasteiger charge is -2.23. The molecule has 0 radical (unpaired) electrons. The van der Waals surface area contributed by atoms with Crippen LogP contribution in [0.1, 0.15) is 59.8 Å². The van der Waals surface area contributed by atoms with Gasteiger partial charge in [0.2, 0.25) is 0 Å². The maximum atomic E-state index is 13.2. The predicted molar refractivity (Wildman–Crippen MR) is 116 cm³/mol. The van der Waals surface area contributed by atoms with E-state index in [-0.39, 0.29) is 11.1 Å². The minimum atomic E-state index is -0.857. The van der Waals surface area contributed by atoms with Gasteiger partial charge in [0.1, 0.15) is 11.6 Å². The number of nitrogens with zero attached hydrogens (tertiary/aromatic N) is 1. The van der Waals surface area contributed by atoms with Gasteiger partial charge in [-0.25, -0.2) is 4.79 Å². The number of pyridine rings is 1. The van der Waals surface area contributed by atoms with Gasteiger partial charge in [0.15, 0.2) is 0 Å². The molecule has 0 bridgehead atoms. The van der Waals surface area contributed by atoms with Crippen molar-refractivity contribution in [1.82, 2.24) is 9.88 Å². The number of hydrogen-bond acceptors (Lipinski definition) is 4. The molecule has 1 N–H and O–H groups in total. The van der Waals surface area contributed by atoms with E-state index in [4.69, 9.17) is 4.74 Å². The molecule has 3 rings (SSSR count). The summed E-state index contributed by atoms with van der Waals surface area (Å²) in [5.74, 6) is -1.05. The van der Waals surface area contributed by atoms with Crippen LogP contribution in [0, 0.1) is 0 Å². The summed E-state index contributed by atoms with van der Waals surface area (Å²) in [6.45, 7) is 2.70. The average molecular weight is 411 g/mol. The minimum absolute atomic E-state index is 0.105. The zero-order valence-corrected chi connectivity index (χ0v) is 17.8. The number of amides is 1. The van der Waals surface area contributed by atoms with E-state index in [1.54, 1.807) is 10.6 Å². The molecule has 1 atom stereocenters. The Morgan fingerprint density at radius 1 is 1.17 bits per heavy atom. The fourth-order valence-electron chi connectivity index (χ4n) is 4.02. The molecule has 1 amide bonds. The molecular weight excluding hydrogens is 380 g/mol. The van der Waals surface area contributed by atoms with Gasteiger partial charge >= 0.3 is 5.97 Å². The minimum Gasteiger partial charge on any atom is -0.467 e. The Hall–Kier alpha value is -2.89. The summed E-state index contributed by atoms with van der Waals surface area (Å²) in [7, 11) is 1.29. The number of ether oxygens (including phenoxy) is 1. The van der Waals surface area contributed by atoms with Gasteiger partial charge in [-0.3, -0.25) is 9.59 Å². The molecule has 1 aliphatic carbocycles. The number of benzene rings is 1. The first-order chi connectivity index (χ1) is 14.5. The van der Waals surface area contributed by atoms with Gasteiger partial charge in [-0.05, 0) is 49.3 Å². The Labute approximate surface area is 177 Å². The predicted octanol–water partition coefficient (Wildman–Crippen LogP) is 3.04. The van der Waals surface area contributed by atoms with Crippen molar-refractivity contribution >= 4 is 11.9 Å². The lowest BCUT2D eigenvalue weighted by Crippen LogP contribution is -2.45. The smallest absolute Gasteiger partial charge is 0.328 e. The highest BCUT2D eigenvalue weighted by Crippen LogP contribution is 2.21. The largest absolute Gasteiger partial charge is 0.467 e. The van der Waals surface area contributed by atoms with Crippen LogP contribution in [0.25, 0.3) is 0 Å². The van der Waals surface area contributed by atoms with Gasteiger partial charge in [0.25, 0.3) is 11.5 Å². The molecule has 1 aromatic heterocycles. The van der Waals surface area contributed by atoms with Crippen LogP contribution in [0.3, 0.4) is 0 Å². The summed E-state index contributed by atoms with van der Waals surface area (Å²) < 4.78 is 6.66. The molecule has 1 aliphatic rings. The van der Waals surface area contributed by atoms with Crippen LogP contribution in [-0.4, -0.2) is 29.6 Å². The molecular formula is C24H30N2O4. The lowest BCUT2D eigenvalue weighted by atomic mass is 9.94. The number of carbonyl (C=O) groups is 2. The van der Waals surface area contributed by atoms with Gasteiger partial charge < -0.3 is 14.6 Å². The van der Waals surface area contributed by atoms with Crippen molar-refractivity contribution in [3.63, 3.8) is 0 Å². The summed E-state index contributed by atoms with van der Waals surface area (Å²) in [4.78, 5) is 38.5. The van der Waals surface area contributed by atoms with Gasteiger partial charge in [-0.15, -0.1) is 0 Å². The van der Waals surface area contributed by atoms with Crippen LogP contribution in [0.15, 0.2) is 41.2 Å². The zero-order chi connectivity index (χ0) is 21.5. The monoisotopic (exact) mass is 410 g/mol. The molecule has 6 heteroatoms. The summed E-state index contributed by atoms with van der Waals surface area (Å²) in [5.41, 5.74) is 2.86. The van der Waals surface area contributed by atoms with Crippen LogP contribution in [0.2, 0.25) is 0 Å². The van der Waals surface area contributed by atoms with Crippen molar-refractivity contribution in [1.29, 1.82) is 0 Å². The lowest BCUT2D eigenvalue weighted by molar-refractivity contribution is -0.142. The van der Waals surface area contributed by atoms with E-state index < -0.39 is 17.9 Å². The van der Waals surface area contributed by atoms with E-state index in [0.717, 1.165) is 55.3 Å². The van der Waals surface area contributed by atoms with Crippen molar-refractivity contribution in [2.75, 3.05) is 7.11 Å². The number of aryl methyl sites for hydroxylation is 1. The maximum Gasteiger partial charge on any atom is 0.328 e. The van der Waals surface area contributed by atoms with Crippen molar-refractivity contribution in [2.24, 2.45) is 0 Å². The maximum absolute atomic E-state index is 13.2. The molecule has 1 heterocycles. The number of rotatable bonds is 8. The number of esters is 1. The molecule has 1 unspecified atom stereocenters. The number of nitrogens with one attached hydrogen (secondary N) is 1. The molecule has 0 fully saturated rings. The quantitative estimate of drug-likeness (QED) is 0.679. The van der Waals surface area contributed by atoms with Crippen LogP contribution in [0.5, 0.6) is 0 Å². The van der Waals surface area contributed by atoms with Gasteiger partial charge in [-0.1, -0.05) is 43.7 Å². The second-order valence-corrected chi connectivity index (χ2v) is 7.79. The molecule has 0 aliphatic heterocycles. The first kappa shape index (κ1) is 21.8. The molecule has 2 aromatic rings. The molecule has 0 saturated carbocycles. The van der Waals surface area contributed by atoms with Gasteiger partial charge in [-0.2, -0.15) is 0 Å². The van der Waals surface area contributed by atoms with Crippen LogP contribution >= 0.6 is 0 Å². The molecule has 6 nitrogen and oxygen atoms in total. The van der Waals surface area contributed by atoms with Crippen LogP contribution in [-0.2, 0) is 35.3 Å². The first-order valence-corrected chi connectivity index (χ1v) is 10.7. The van der Waals surface area contributed by atoms with E-state index in [1.807, 2.05) is 30.3 Å². The molecule has 0 spiro atoms. The summed E-state index contributed by atoms with van der Waals surface area (Å²) in [6, 6.07) is 10.3. The van der Waals surface area contributed by atoms with Crippen molar-refractivity contribution in [3.8, 4) is 0 Å². The number of carbonyl (C=O) groups excluding carboxylic acids is 2. The summed E-state index contributed by atoms with van der Waals surface area (Å²) in [5, 5.41) is 2.74. The number of hydrogen-bond donors (Lipinski definition) is 1. The van der Waals surface area contributed by atoms with E-state index >= 15 is 0 Å². The third kappa shape index (κ3) is 4.99. The fraction of sp³-hybridized carbons (Fsp3) is 0.458. The topological polar surface area (TPSA) is 77.4 Å². The number of unbranched alkanes of at least 4 members (excludes halogenated alkanes) is 1. The van der Waals surface area contributed by atoms with Crippen LogP contribution in [0.4, 0.5) is 0 Å². The SMILES string of the molecule is CCCCn1c2c(cc(C(=O)NC(Cc3ccccc3)C(=O)OC)c1=O)CCCC2. The van der Waals surface area contributed by atoms with Crippen molar-refractivity contribution in [2.45, 2.75) is 64.5 Å². The van der Waals surface area contributed by atoms with Gasteiger partial charge in [0.05, 0.1) is 7.11 Å². The highest BCUT2D eigenvalue weighted by molar-refractivity contribution is 5.96. The fourth-order valence-corrected chi connectivity index (χ4v) is 4.02. The number of aromatic nitrogens is 1. The Morgan fingerprint density at radius 3 is 2.60 bits per heavy atom. The summed E-state index contributed by atoms with van der Waals surface area (Å²) >= 11 is 0. The number of fused-ring (bicyclic) bond motifs is 1. The third-order valence-corrected chi connectivity index (χ3v) is 5.65. The Kier molecular flexibility index (Phi) is 7.44. The van der Waals surface area contributed by atoms with E-state index in [9.17, 15) is 14.4 Å².